The Labute approximate surface area is 171 Å². The molecule has 0 fully saturated rings. The van der Waals surface area contributed by atoms with E-state index in [1.807, 2.05) is 20.8 Å². The molecule has 2 aromatic carbocycles. The summed E-state index contributed by atoms with van der Waals surface area (Å²) in [5, 5.41) is 8.54. The number of amides is 3. The third kappa shape index (κ3) is 6.34. The molecule has 7 nitrogen and oxygen atoms in total. The van der Waals surface area contributed by atoms with E-state index in [0.29, 0.717) is 42.1 Å². The van der Waals surface area contributed by atoms with Crippen molar-refractivity contribution in [3.8, 4) is 0 Å². The van der Waals surface area contributed by atoms with Gasteiger partial charge in [-0.2, -0.15) is 0 Å². The molecule has 3 N–H and O–H groups in total. The molecular formula is C22H28N4O3. The second-order valence-corrected chi connectivity index (χ2v) is 6.40. The van der Waals surface area contributed by atoms with Gasteiger partial charge in [-0.3, -0.25) is 14.4 Å². The van der Waals surface area contributed by atoms with Crippen LogP contribution in [0.4, 0.5) is 11.4 Å². The van der Waals surface area contributed by atoms with Gasteiger partial charge in [0.15, 0.2) is 0 Å². The van der Waals surface area contributed by atoms with Gasteiger partial charge in [-0.05, 0) is 57.2 Å². The highest BCUT2D eigenvalue weighted by atomic mass is 16.2. The van der Waals surface area contributed by atoms with Crippen LogP contribution in [0.3, 0.4) is 0 Å². The van der Waals surface area contributed by atoms with Gasteiger partial charge >= 0.3 is 0 Å². The van der Waals surface area contributed by atoms with Gasteiger partial charge in [0.25, 0.3) is 11.8 Å². The SMILES string of the molecule is CCNC(=O)c1cccc(NCC(=O)Nc2cccc(C(=O)N(CC)CC)c2)c1. The van der Waals surface area contributed by atoms with Crippen LogP contribution in [0.2, 0.25) is 0 Å². The first-order valence-corrected chi connectivity index (χ1v) is 9.79. The molecule has 0 unspecified atom stereocenters. The molecule has 154 valence electrons. The maximum atomic E-state index is 12.5. The molecule has 3 amide bonds. The lowest BCUT2D eigenvalue weighted by Gasteiger charge is -2.19. The molecule has 0 aliphatic carbocycles. The zero-order valence-electron chi connectivity index (χ0n) is 17.1. The van der Waals surface area contributed by atoms with Crippen LogP contribution in [-0.2, 0) is 4.79 Å². The van der Waals surface area contributed by atoms with E-state index in [0.717, 1.165) is 0 Å². The normalized spacial score (nSPS) is 10.2. The largest absolute Gasteiger partial charge is 0.376 e. The van der Waals surface area contributed by atoms with Crippen molar-refractivity contribution >= 4 is 29.1 Å². The van der Waals surface area contributed by atoms with E-state index in [9.17, 15) is 14.4 Å². The van der Waals surface area contributed by atoms with Crippen LogP contribution in [0.1, 0.15) is 41.5 Å². The van der Waals surface area contributed by atoms with Crippen molar-refractivity contribution in [2.24, 2.45) is 0 Å². The van der Waals surface area contributed by atoms with E-state index in [1.165, 1.54) is 0 Å². The number of anilines is 2. The van der Waals surface area contributed by atoms with Gasteiger partial charge in [0, 0.05) is 42.1 Å². The molecular weight excluding hydrogens is 368 g/mol. The summed E-state index contributed by atoms with van der Waals surface area (Å²) in [6, 6.07) is 13.9. The van der Waals surface area contributed by atoms with Gasteiger partial charge < -0.3 is 20.9 Å². The van der Waals surface area contributed by atoms with Crippen molar-refractivity contribution in [2.45, 2.75) is 20.8 Å². The summed E-state index contributed by atoms with van der Waals surface area (Å²) in [5.74, 6) is -0.470. The predicted octanol–water partition coefficient (Wildman–Crippen LogP) is 2.97. The zero-order valence-corrected chi connectivity index (χ0v) is 17.1. The standard InChI is InChI=1S/C22H28N4O3/c1-4-23-21(28)16-9-7-11-18(13-16)24-15-20(27)25-19-12-8-10-17(14-19)22(29)26(5-2)6-3/h7-14,24H,4-6,15H2,1-3H3,(H,23,28)(H,25,27). The van der Waals surface area contributed by atoms with E-state index in [-0.39, 0.29) is 24.3 Å². The molecule has 29 heavy (non-hydrogen) atoms. The Morgan fingerprint density at radius 2 is 1.48 bits per heavy atom. The van der Waals surface area contributed by atoms with Crippen LogP contribution in [0.25, 0.3) is 0 Å². The monoisotopic (exact) mass is 396 g/mol. The molecule has 2 aromatic rings. The summed E-state index contributed by atoms with van der Waals surface area (Å²) in [6.07, 6.45) is 0. The van der Waals surface area contributed by atoms with Crippen molar-refractivity contribution < 1.29 is 14.4 Å². The van der Waals surface area contributed by atoms with Crippen LogP contribution in [-0.4, -0.2) is 48.8 Å². The Hall–Kier alpha value is -3.35. The second kappa shape index (κ2) is 10.8. The average Bonchev–Trinajstić information content (AvgIpc) is 2.73. The van der Waals surface area contributed by atoms with E-state index in [4.69, 9.17) is 0 Å². The first-order chi connectivity index (χ1) is 14.0. The lowest BCUT2D eigenvalue weighted by Crippen LogP contribution is -2.30. The van der Waals surface area contributed by atoms with Crippen molar-refractivity contribution in [1.29, 1.82) is 0 Å². The predicted molar refractivity (Wildman–Crippen MR) is 115 cm³/mol. The van der Waals surface area contributed by atoms with E-state index >= 15 is 0 Å². The molecule has 0 aliphatic rings. The van der Waals surface area contributed by atoms with Gasteiger partial charge in [0.2, 0.25) is 5.91 Å². The summed E-state index contributed by atoms with van der Waals surface area (Å²) in [6.45, 7) is 7.56. The van der Waals surface area contributed by atoms with E-state index < -0.39 is 0 Å². The fourth-order valence-corrected chi connectivity index (χ4v) is 2.84. The molecule has 0 radical (unpaired) electrons. The quantitative estimate of drug-likeness (QED) is 0.608. The third-order valence-electron chi connectivity index (χ3n) is 4.36. The minimum absolute atomic E-state index is 0.0348. The van der Waals surface area contributed by atoms with Crippen molar-refractivity contribution in [3.05, 3.63) is 59.7 Å². The van der Waals surface area contributed by atoms with E-state index in [1.54, 1.807) is 53.4 Å². The highest BCUT2D eigenvalue weighted by Crippen LogP contribution is 2.14. The second-order valence-electron chi connectivity index (χ2n) is 6.40. The van der Waals surface area contributed by atoms with Gasteiger partial charge in [-0.1, -0.05) is 12.1 Å². The first-order valence-electron chi connectivity index (χ1n) is 9.79. The molecule has 2 rings (SSSR count). The lowest BCUT2D eigenvalue weighted by molar-refractivity contribution is -0.114. The van der Waals surface area contributed by atoms with Crippen LogP contribution >= 0.6 is 0 Å². The molecule has 0 bridgehead atoms. The van der Waals surface area contributed by atoms with Crippen molar-refractivity contribution in [1.82, 2.24) is 10.2 Å². The summed E-state index contributed by atoms with van der Waals surface area (Å²) in [4.78, 5) is 38.4. The lowest BCUT2D eigenvalue weighted by atomic mass is 10.1. The summed E-state index contributed by atoms with van der Waals surface area (Å²) in [7, 11) is 0. The number of nitrogens with one attached hydrogen (secondary N) is 3. The van der Waals surface area contributed by atoms with Crippen LogP contribution in [0, 0.1) is 0 Å². The number of carbonyl (C=O) groups is 3. The Morgan fingerprint density at radius 3 is 2.14 bits per heavy atom. The van der Waals surface area contributed by atoms with E-state index in [2.05, 4.69) is 16.0 Å². The Kier molecular flexibility index (Phi) is 8.21. The van der Waals surface area contributed by atoms with Crippen molar-refractivity contribution in [2.75, 3.05) is 36.8 Å². The van der Waals surface area contributed by atoms with Gasteiger partial charge in [0.05, 0.1) is 6.54 Å². The molecule has 0 aromatic heterocycles. The number of nitrogens with zero attached hydrogens (tertiary/aromatic N) is 1. The molecule has 0 atom stereocenters. The maximum absolute atomic E-state index is 12.5. The summed E-state index contributed by atoms with van der Waals surface area (Å²) < 4.78 is 0. The Morgan fingerprint density at radius 1 is 0.862 bits per heavy atom. The average molecular weight is 396 g/mol. The molecule has 0 spiro atoms. The van der Waals surface area contributed by atoms with Crippen LogP contribution < -0.4 is 16.0 Å². The topological polar surface area (TPSA) is 90.5 Å². The molecule has 0 aliphatic heterocycles. The fourth-order valence-electron chi connectivity index (χ4n) is 2.84. The smallest absolute Gasteiger partial charge is 0.253 e. The van der Waals surface area contributed by atoms with Crippen LogP contribution in [0.5, 0.6) is 0 Å². The van der Waals surface area contributed by atoms with Gasteiger partial charge in [-0.15, -0.1) is 0 Å². The summed E-state index contributed by atoms with van der Waals surface area (Å²) >= 11 is 0. The van der Waals surface area contributed by atoms with Crippen LogP contribution in [0.15, 0.2) is 48.5 Å². The number of hydrogen-bond donors (Lipinski definition) is 3. The minimum atomic E-state index is -0.249. The fraction of sp³-hybridized carbons (Fsp3) is 0.318. The molecule has 0 saturated carbocycles. The molecule has 0 heterocycles. The Bertz CT molecular complexity index is 863. The maximum Gasteiger partial charge on any atom is 0.253 e. The van der Waals surface area contributed by atoms with Gasteiger partial charge in [0.1, 0.15) is 0 Å². The highest BCUT2D eigenvalue weighted by Gasteiger charge is 2.13. The molecule has 7 heteroatoms. The minimum Gasteiger partial charge on any atom is -0.376 e. The molecule has 0 saturated heterocycles. The number of rotatable bonds is 9. The van der Waals surface area contributed by atoms with Gasteiger partial charge in [-0.25, -0.2) is 0 Å². The first kappa shape index (κ1) is 21.9. The number of carbonyl (C=O) groups excluding carboxylic acids is 3. The number of benzene rings is 2. The van der Waals surface area contributed by atoms with Crippen molar-refractivity contribution in [3.63, 3.8) is 0 Å². The summed E-state index contributed by atoms with van der Waals surface area (Å²) in [5.41, 5.74) is 2.30. The zero-order chi connectivity index (χ0) is 21.2. The Balaban J connectivity index is 1.96. The third-order valence-corrected chi connectivity index (χ3v) is 4.36. The number of hydrogen-bond acceptors (Lipinski definition) is 4. The highest BCUT2D eigenvalue weighted by molar-refractivity contribution is 5.98.